The zero-order valence-electron chi connectivity index (χ0n) is 12.6. The molecule has 0 bridgehead atoms. The van der Waals surface area contributed by atoms with Crippen LogP contribution >= 0.6 is 15.9 Å². The van der Waals surface area contributed by atoms with Crippen molar-refractivity contribution >= 4 is 15.9 Å². The van der Waals surface area contributed by atoms with E-state index in [0.717, 1.165) is 11.8 Å². The quantitative estimate of drug-likeness (QED) is 0.542. The predicted octanol–water partition coefficient (Wildman–Crippen LogP) is 6.27. The van der Waals surface area contributed by atoms with E-state index in [9.17, 15) is 0 Å². The molecular formula is C20H23Br. The molecule has 1 saturated carbocycles. The van der Waals surface area contributed by atoms with Crippen LogP contribution in [0.2, 0.25) is 0 Å². The third kappa shape index (κ3) is 3.58. The zero-order valence-corrected chi connectivity index (χ0v) is 14.2. The molecule has 0 radical (unpaired) electrons. The Morgan fingerprint density at radius 2 is 1.76 bits per heavy atom. The third-order valence-corrected chi connectivity index (χ3v) is 5.77. The van der Waals surface area contributed by atoms with E-state index in [-0.39, 0.29) is 0 Å². The molecule has 0 heterocycles. The van der Waals surface area contributed by atoms with Gasteiger partial charge in [-0.05, 0) is 47.8 Å². The molecule has 0 spiro atoms. The van der Waals surface area contributed by atoms with Gasteiger partial charge in [-0.25, -0.2) is 0 Å². The summed E-state index contributed by atoms with van der Waals surface area (Å²) in [6.07, 6.45) is 5.07. The van der Waals surface area contributed by atoms with Crippen molar-refractivity contribution in [2.24, 2.45) is 5.92 Å². The second kappa shape index (κ2) is 6.79. The highest BCUT2D eigenvalue weighted by molar-refractivity contribution is 9.09. The minimum absolute atomic E-state index is 0.489. The highest BCUT2D eigenvalue weighted by Gasteiger charge is 2.43. The van der Waals surface area contributed by atoms with E-state index in [4.69, 9.17) is 0 Å². The van der Waals surface area contributed by atoms with Gasteiger partial charge < -0.3 is 0 Å². The third-order valence-electron chi connectivity index (χ3n) is 4.56. The molecule has 2 aromatic carbocycles. The predicted molar refractivity (Wildman–Crippen MR) is 94.0 cm³/mol. The van der Waals surface area contributed by atoms with Crippen molar-refractivity contribution in [1.29, 1.82) is 0 Å². The molecule has 0 amide bonds. The molecule has 3 atom stereocenters. The van der Waals surface area contributed by atoms with E-state index in [2.05, 4.69) is 77.5 Å². The fourth-order valence-corrected chi connectivity index (χ4v) is 4.01. The lowest BCUT2D eigenvalue weighted by Gasteiger charge is -2.11. The molecular weight excluding hydrogens is 320 g/mol. The van der Waals surface area contributed by atoms with Gasteiger partial charge in [0.25, 0.3) is 0 Å². The lowest BCUT2D eigenvalue weighted by Crippen LogP contribution is -1.95. The Kier molecular flexibility index (Phi) is 4.80. The Morgan fingerprint density at radius 3 is 2.43 bits per heavy atom. The first-order valence-electron chi connectivity index (χ1n) is 8.07. The van der Waals surface area contributed by atoms with Crippen LogP contribution < -0.4 is 0 Å². The normalized spacial score (nSPS) is 22.0. The topological polar surface area (TPSA) is 0 Å². The molecule has 3 unspecified atom stereocenters. The first kappa shape index (κ1) is 14.8. The Hall–Kier alpha value is -1.08. The first-order valence-corrected chi connectivity index (χ1v) is 8.99. The van der Waals surface area contributed by atoms with Gasteiger partial charge in [-0.15, -0.1) is 0 Å². The largest absolute Gasteiger partial charge is 0.0836 e. The summed E-state index contributed by atoms with van der Waals surface area (Å²) >= 11 is 3.93. The SMILES string of the molecule is CCCCc1ccc(C(Br)C2CC2c2ccccc2)cc1. The van der Waals surface area contributed by atoms with Crippen LogP contribution in [0.3, 0.4) is 0 Å². The van der Waals surface area contributed by atoms with Gasteiger partial charge in [0.15, 0.2) is 0 Å². The molecule has 0 saturated heterocycles. The second-order valence-corrected chi connectivity index (χ2v) is 7.15. The van der Waals surface area contributed by atoms with E-state index in [0.29, 0.717) is 4.83 Å². The molecule has 0 N–H and O–H groups in total. The standard InChI is InChI=1S/C20H23Br/c1-2-3-7-15-10-12-17(13-11-15)20(21)19-14-18(19)16-8-5-4-6-9-16/h4-6,8-13,18-20H,2-3,7,14H2,1H3. The lowest BCUT2D eigenvalue weighted by atomic mass is 10.0. The Bertz CT molecular complexity index is 558. The van der Waals surface area contributed by atoms with Gasteiger partial charge in [0, 0.05) is 4.83 Å². The van der Waals surface area contributed by atoms with E-state index in [1.54, 1.807) is 0 Å². The number of hydrogen-bond donors (Lipinski definition) is 0. The molecule has 0 nitrogen and oxygen atoms in total. The van der Waals surface area contributed by atoms with Crippen molar-refractivity contribution in [3.8, 4) is 0 Å². The van der Waals surface area contributed by atoms with Gasteiger partial charge in [-0.3, -0.25) is 0 Å². The van der Waals surface area contributed by atoms with E-state index < -0.39 is 0 Å². The maximum absolute atomic E-state index is 3.93. The summed E-state index contributed by atoms with van der Waals surface area (Å²) in [6, 6.07) is 20.2. The van der Waals surface area contributed by atoms with E-state index >= 15 is 0 Å². The van der Waals surface area contributed by atoms with Crippen molar-refractivity contribution in [2.75, 3.05) is 0 Å². The van der Waals surface area contributed by atoms with Crippen molar-refractivity contribution in [3.05, 3.63) is 71.3 Å². The summed E-state index contributed by atoms with van der Waals surface area (Å²) < 4.78 is 0. The molecule has 21 heavy (non-hydrogen) atoms. The Morgan fingerprint density at radius 1 is 1.05 bits per heavy atom. The minimum Gasteiger partial charge on any atom is -0.0836 e. The first-order chi connectivity index (χ1) is 10.3. The molecule has 2 aromatic rings. The number of rotatable bonds is 6. The molecule has 1 heteroatoms. The van der Waals surface area contributed by atoms with Crippen LogP contribution in [0.1, 0.15) is 53.6 Å². The van der Waals surface area contributed by atoms with Crippen molar-refractivity contribution in [1.82, 2.24) is 0 Å². The smallest absolute Gasteiger partial charge is 0.0429 e. The maximum Gasteiger partial charge on any atom is 0.0429 e. The summed E-state index contributed by atoms with van der Waals surface area (Å²) in [5.41, 5.74) is 4.39. The zero-order chi connectivity index (χ0) is 14.7. The summed E-state index contributed by atoms with van der Waals surface area (Å²) in [7, 11) is 0. The Labute approximate surface area is 136 Å². The summed E-state index contributed by atoms with van der Waals surface area (Å²) in [5.74, 6) is 1.48. The van der Waals surface area contributed by atoms with Crippen LogP contribution in [0.25, 0.3) is 0 Å². The number of unbranched alkanes of at least 4 members (excludes halogenated alkanes) is 1. The fourth-order valence-electron chi connectivity index (χ4n) is 3.12. The van der Waals surface area contributed by atoms with Crippen LogP contribution in [-0.4, -0.2) is 0 Å². The number of aryl methyl sites for hydroxylation is 1. The van der Waals surface area contributed by atoms with Crippen molar-refractivity contribution in [3.63, 3.8) is 0 Å². The molecule has 0 aromatic heterocycles. The number of benzene rings is 2. The molecule has 110 valence electrons. The highest BCUT2D eigenvalue weighted by Crippen LogP contribution is 2.57. The van der Waals surface area contributed by atoms with E-state index in [1.165, 1.54) is 42.4 Å². The maximum atomic E-state index is 3.93. The molecule has 1 aliphatic carbocycles. The summed E-state index contributed by atoms with van der Waals surface area (Å²) in [5, 5.41) is 0. The molecule has 1 aliphatic rings. The van der Waals surface area contributed by atoms with Gasteiger partial charge in [0.05, 0.1) is 0 Å². The van der Waals surface area contributed by atoms with Crippen LogP contribution in [0, 0.1) is 5.92 Å². The van der Waals surface area contributed by atoms with Crippen LogP contribution in [0.15, 0.2) is 54.6 Å². The average molecular weight is 343 g/mol. The van der Waals surface area contributed by atoms with Crippen molar-refractivity contribution < 1.29 is 0 Å². The van der Waals surface area contributed by atoms with Gasteiger partial charge in [-0.2, -0.15) is 0 Å². The molecule has 1 fully saturated rings. The Balaban J connectivity index is 1.63. The van der Waals surface area contributed by atoms with Crippen LogP contribution in [0.4, 0.5) is 0 Å². The van der Waals surface area contributed by atoms with Gasteiger partial charge in [0.2, 0.25) is 0 Å². The monoisotopic (exact) mass is 342 g/mol. The number of alkyl halides is 1. The number of halogens is 1. The van der Waals surface area contributed by atoms with Gasteiger partial charge in [-0.1, -0.05) is 83.9 Å². The fraction of sp³-hybridized carbons (Fsp3) is 0.400. The highest BCUT2D eigenvalue weighted by atomic mass is 79.9. The number of hydrogen-bond acceptors (Lipinski definition) is 0. The van der Waals surface area contributed by atoms with Crippen LogP contribution in [-0.2, 0) is 6.42 Å². The van der Waals surface area contributed by atoms with Gasteiger partial charge >= 0.3 is 0 Å². The molecule has 0 aliphatic heterocycles. The van der Waals surface area contributed by atoms with Crippen LogP contribution in [0.5, 0.6) is 0 Å². The van der Waals surface area contributed by atoms with Crippen molar-refractivity contribution in [2.45, 2.75) is 43.4 Å². The summed E-state index contributed by atoms with van der Waals surface area (Å²) in [4.78, 5) is 0.489. The summed E-state index contributed by atoms with van der Waals surface area (Å²) in [6.45, 7) is 2.25. The van der Waals surface area contributed by atoms with Gasteiger partial charge in [0.1, 0.15) is 0 Å². The molecule has 3 rings (SSSR count). The second-order valence-electron chi connectivity index (χ2n) is 6.16. The lowest BCUT2D eigenvalue weighted by molar-refractivity contribution is 0.779. The van der Waals surface area contributed by atoms with E-state index in [1.807, 2.05) is 0 Å². The average Bonchev–Trinajstić information content (AvgIpc) is 3.34. The minimum atomic E-state index is 0.489.